The van der Waals surface area contributed by atoms with Crippen molar-refractivity contribution in [3.8, 4) is 11.4 Å². The molecule has 1 aromatic carbocycles. The summed E-state index contributed by atoms with van der Waals surface area (Å²) in [5, 5.41) is 2.94. The molecule has 0 atom stereocenters. The lowest BCUT2D eigenvalue weighted by Crippen LogP contribution is -2.37. The molecule has 1 fully saturated rings. The summed E-state index contributed by atoms with van der Waals surface area (Å²) in [5.41, 5.74) is 1.31. The van der Waals surface area contributed by atoms with Gasteiger partial charge in [-0.15, -0.1) is 0 Å². The Morgan fingerprint density at radius 1 is 1.20 bits per heavy atom. The average molecular weight is 340 g/mol. The third kappa shape index (κ3) is 4.54. The molecule has 1 aliphatic rings. The number of nitrogens with one attached hydrogen (secondary N) is 1. The predicted molar refractivity (Wildman–Crippen MR) is 97.7 cm³/mol. The molecule has 0 radical (unpaired) electrons. The molecule has 25 heavy (non-hydrogen) atoms. The molecule has 0 aliphatic carbocycles. The summed E-state index contributed by atoms with van der Waals surface area (Å²) < 4.78 is 5.41. The molecule has 2 aromatic rings. The first-order chi connectivity index (χ1) is 12.3. The van der Waals surface area contributed by atoms with Gasteiger partial charge in [-0.1, -0.05) is 43.7 Å². The number of benzene rings is 1. The molecule has 132 valence electrons. The second-order valence-corrected chi connectivity index (χ2v) is 6.01. The Hall–Kier alpha value is -2.47. The van der Waals surface area contributed by atoms with Crippen LogP contribution in [0.3, 0.4) is 0 Å². The van der Waals surface area contributed by atoms with E-state index in [9.17, 15) is 4.79 Å². The van der Waals surface area contributed by atoms with Crippen LogP contribution in [0.5, 0.6) is 0 Å². The van der Waals surface area contributed by atoms with E-state index in [4.69, 9.17) is 4.74 Å². The van der Waals surface area contributed by atoms with E-state index < -0.39 is 0 Å². The summed E-state index contributed by atoms with van der Waals surface area (Å²) in [4.78, 5) is 23.8. The maximum Gasteiger partial charge on any atom is 0.270 e. The van der Waals surface area contributed by atoms with Gasteiger partial charge in [0.25, 0.3) is 5.91 Å². The highest BCUT2D eigenvalue weighted by Gasteiger charge is 2.18. The summed E-state index contributed by atoms with van der Waals surface area (Å²) in [6.45, 7) is 5.63. The third-order valence-electron chi connectivity index (χ3n) is 4.13. The van der Waals surface area contributed by atoms with Gasteiger partial charge in [-0.2, -0.15) is 0 Å². The molecule has 1 saturated heterocycles. The molecular formula is C19H24N4O2. The van der Waals surface area contributed by atoms with Crippen LogP contribution in [-0.4, -0.2) is 48.7 Å². The lowest BCUT2D eigenvalue weighted by atomic mass is 10.2. The van der Waals surface area contributed by atoms with Crippen molar-refractivity contribution in [2.45, 2.75) is 19.8 Å². The van der Waals surface area contributed by atoms with E-state index in [0.29, 0.717) is 31.3 Å². The Morgan fingerprint density at radius 2 is 1.96 bits per heavy atom. The highest BCUT2D eigenvalue weighted by molar-refractivity contribution is 5.93. The van der Waals surface area contributed by atoms with Crippen LogP contribution in [0.4, 0.5) is 5.82 Å². The first kappa shape index (κ1) is 17.4. The van der Waals surface area contributed by atoms with Gasteiger partial charge < -0.3 is 15.0 Å². The quantitative estimate of drug-likeness (QED) is 0.819. The van der Waals surface area contributed by atoms with E-state index in [1.54, 1.807) is 6.07 Å². The van der Waals surface area contributed by atoms with Crippen LogP contribution >= 0.6 is 0 Å². The molecule has 0 saturated carbocycles. The average Bonchev–Trinajstić information content (AvgIpc) is 2.69. The molecule has 6 nitrogen and oxygen atoms in total. The summed E-state index contributed by atoms with van der Waals surface area (Å²) in [6, 6.07) is 11.5. The SMILES string of the molecule is CCCCNC(=O)c1cc(N2CCOCC2)nc(-c2ccccc2)n1. The number of anilines is 1. The number of rotatable bonds is 6. The largest absolute Gasteiger partial charge is 0.378 e. The van der Waals surface area contributed by atoms with E-state index in [2.05, 4.69) is 27.1 Å². The number of unbranched alkanes of at least 4 members (excludes halogenated alkanes) is 1. The molecule has 0 bridgehead atoms. The van der Waals surface area contributed by atoms with Gasteiger partial charge in [0.05, 0.1) is 13.2 Å². The van der Waals surface area contributed by atoms with Crippen molar-refractivity contribution in [3.63, 3.8) is 0 Å². The highest BCUT2D eigenvalue weighted by Crippen LogP contribution is 2.21. The number of hydrogen-bond acceptors (Lipinski definition) is 5. The molecule has 0 spiro atoms. The number of ether oxygens (including phenoxy) is 1. The minimum absolute atomic E-state index is 0.150. The Labute approximate surface area is 148 Å². The van der Waals surface area contributed by atoms with Gasteiger partial charge in [0, 0.05) is 31.3 Å². The van der Waals surface area contributed by atoms with Gasteiger partial charge in [0.1, 0.15) is 11.5 Å². The topological polar surface area (TPSA) is 67.4 Å². The molecule has 1 aromatic heterocycles. The van der Waals surface area contributed by atoms with Crippen molar-refractivity contribution in [1.29, 1.82) is 0 Å². The van der Waals surface area contributed by atoms with Crippen LogP contribution in [0.25, 0.3) is 11.4 Å². The zero-order chi connectivity index (χ0) is 17.5. The number of aromatic nitrogens is 2. The molecule has 3 rings (SSSR count). The Kier molecular flexibility index (Phi) is 5.95. The van der Waals surface area contributed by atoms with Gasteiger partial charge in [-0.05, 0) is 6.42 Å². The number of nitrogens with zero attached hydrogens (tertiary/aromatic N) is 3. The zero-order valence-electron chi connectivity index (χ0n) is 14.6. The van der Waals surface area contributed by atoms with E-state index in [1.807, 2.05) is 30.3 Å². The summed E-state index contributed by atoms with van der Waals surface area (Å²) >= 11 is 0. The van der Waals surface area contributed by atoms with Crippen molar-refractivity contribution in [1.82, 2.24) is 15.3 Å². The summed E-state index contributed by atoms with van der Waals surface area (Å²) in [5.74, 6) is 1.20. The fourth-order valence-electron chi connectivity index (χ4n) is 2.69. The van der Waals surface area contributed by atoms with Crippen LogP contribution in [0, 0.1) is 0 Å². The van der Waals surface area contributed by atoms with Crippen LogP contribution in [0.1, 0.15) is 30.3 Å². The van der Waals surface area contributed by atoms with E-state index in [1.165, 1.54) is 0 Å². The molecule has 0 unspecified atom stereocenters. The predicted octanol–water partition coefficient (Wildman–Crippen LogP) is 2.51. The van der Waals surface area contributed by atoms with Crippen molar-refractivity contribution < 1.29 is 9.53 Å². The molecule has 1 N–H and O–H groups in total. The number of hydrogen-bond donors (Lipinski definition) is 1. The van der Waals surface area contributed by atoms with Crippen molar-refractivity contribution in [3.05, 3.63) is 42.1 Å². The molecule has 1 amide bonds. The van der Waals surface area contributed by atoms with Crippen molar-refractivity contribution >= 4 is 11.7 Å². The fourth-order valence-corrected chi connectivity index (χ4v) is 2.69. The maximum absolute atomic E-state index is 12.5. The highest BCUT2D eigenvalue weighted by atomic mass is 16.5. The number of morpholine rings is 1. The van der Waals surface area contributed by atoms with Crippen molar-refractivity contribution in [2.24, 2.45) is 0 Å². The second-order valence-electron chi connectivity index (χ2n) is 6.01. The Bertz CT molecular complexity index is 700. The van der Waals surface area contributed by atoms with E-state index in [-0.39, 0.29) is 5.91 Å². The maximum atomic E-state index is 12.5. The zero-order valence-corrected chi connectivity index (χ0v) is 14.6. The van der Waals surface area contributed by atoms with Crippen molar-refractivity contribution in [2.75, 3.05) is 37.7 Å². The molecule has 6 heteroatoms. The molecule has 1 aliphatic heterocycles. The van der Waals surface area contributed by atoms with E-state index in [0.717, 1.165) is 37.3 Å². The fraction of sp³-hybridized carbons (Fsp3) is 0.421. The number of amides is 1. The number of carbonyl (C=O) groups excluding carboxylic acids is 1. The number of carbonyl (C=O) groups is 1. The lowest BCUT2D eigenvalue weighted by molar-refractivity contribution is 0.0948. The minimum Gasteiger partial charge on any atom is -0.378 e. The van der Waals surface area contributed by atoms with Gasteiger partial charge in [-0.3, -0.25) is 4.79 Å². The second kappa shape index (κ2) is 8.58. The lowest BCUT2D eigenvalue weighted by Gasteiger charge is -2.28. The molecule has 2 heterocycles. The van der Waals surface area contributed by atoms with Crippen LogP contribution in [0.2, 0.25) is 0 Å². The minimum atomic E-state index is -0.150. The van der Waals surface area contributed by atoms with Gasteiger partial charge in [0.2, 0.25) is 0 Å². The monoisotopic (exact) mass is 340 g/mol. The summed E-state index contributed by atoms with van der Waals surface area (Å²) in [7, 11) is 0. The smallest absolute Gasteiger partial charge is 0.270 e. The standard InChI is InChI=1S/C19H24N4O2/c1-2-3-9-20-19(24)16-14-17(23-10-12-25-13-11-23)22-18(21-16)15-7-5-4-6-8-15/h4-8,14H,2-3,9-13H2,1H3,(H,20,24). The first-order valence-corrected chi connectivity index (χ1v) is 8.83. The van der Waals surface area contributed by atoms with Crippen LogP contribution in [0.15, 0.2) is 36.4 Å². The molecular weight excluding hydrogens is 316 g/mol. The Balaban J connectivity index is 1.91. The van der Waals surface area contributed by atoms with Gasteiger partial charge in [-0.25, -0.2) is 9.97 Å². The normalized spacial score (nSPS) is 14.4. The van der Waals surface area contributed by atoms with E-state index >= 15 is 0 Å². The van der Waals surface area contributed by atoms with Gasteiger partial charge in [0.15, 0.2) is 5.82 Å². The Morgan fingerprint density at radius 3 is 2.68 bits per heavy atom. The van der Waals surface area contributed by atoms with Gasteiger partial charge >= 0.3 is 0 Å². The van der Waals surface area contributed by atoms with Crippen LogP contribution in [-0.2, 0) is 4.74 Å². The third-order valence-corrected chi connectivity index (χ3v) is 4.13. The summed E-state index contributed by atoms with van der Waals surface area (Å²) in [6.07, 6.45) is 2.00. The first-order valence-electron chi connectivity index (χ1n) is 8.83. The van der Waals surface area contributed by atoms with Crippen LogP contribution < -0.4 is 10.2 Å².